The molecule has 2 rings (SSSR count). The molecule has 0 aliphatic carbocycles. The van der Waals surface area contributed by atoms with Crippen LogP contribution >= 0.6 is 0 Å². The molecular weight excluding hydrogens is 218 g/mol. The van der Waals surface area contributed by atoms with E-state index in [1.807, 2.05) is 19.9 Å². The van der Waals surface area contributed by atoms with Gasteiger partial charge < -0.3 is 9.64 Å². The number of rotatable bonds is 2. The van der Waals surface area contributed by atoms with Crippen molar-refractivity contribution >= 4 is 11.8 Å². The molecule has 1 aliphatic rings. The van der Waals surface area contributed by atoms with Gasteiger partial charge in [0.1, 0.15) is 12.1 Å². The second-order valence-corrected chi connectivity index (χ2v) is 4.74. The summed E-state index contributed by atoms with van der Waals surface area (Å²) >= 11 is 0. The molecule has 1 unspecified atom stereocenters. The van der Waals surface area contributed by atoms with Crippen LogP contribution in [-0.2, 0) is 9.53 Å². The van der Waals surface area contributed by atoms with Gasteiger partial charge in [-0.25, -0.2) is 9.97 Å². The van der Waals surface area contributed by atoms with Gasteiger partial charge in [-0.2, -0.15) is 0 Å². The first-order valence-electron chi connectivity index (χ1n) is 5.67. The van der Waals surface area contributed by atoms with Gasteiger partial charge in [0.2, 0.25) is 0 Å². The van der Waals surface area contributed by atoms with E-state index in [-0.39, 0.29) is 5.97 Å². The minimum atomic E-state index is -0.423. The molecule has 1 atom stereocenters. The molecule has 92 valence electrons. The fourth-order valence-electron chi connectivity index (χ4n) is 2.18. The number of carbonyl (C=O) groups is 1. The number of carbonyl (C=O) groups excluding carboxylic acids is 1. The Labute approximate surface area is 101 Å². The molecule has 1 saturated heterocycles. The monoisotopic (exact) mass is 235 g/mol. The Morgan fingerprint density at radius 3 is 2.94 bits per heavy atom. The lowest BCUT2D eigenvalue weighted by Gasteiger charge is -2.22. The average Bonchev–Trinajstić information content (AvgIpc) is 2.72. The van der Waals surface area contributed by atoms with Gasteiger partial charge in [0.25, 0.3) is 0 Å². The Hall–Kier alpha value is -1.65. The van der Waals surface area contributed by atoms with Crippen molar-refractivity contribution in [2.75, 3.05) is 25.1 Å². The smallest absolute Gasteiger partial charge is 0.313 e. The second-order valence-electron chi connectivity index (χ2n) is 4.74. The Morgan fingerprint density at radius 2 is 2.29 bits per heavy atom. The zero-order chi connectivity index (χ0) is 12.5. The van der Waals surface area contributed by atoms with E-state index in [9.17, 15) is 4.79 Å². The molecule has 0 N–H and O–H groups in total. The van der Waals surface area contributed by atoms with Gasteiger partial charge in [0, 0.05) is 24.8 Å². The van der Waals surface area contributed by atoms with E-state index < -0.39 is 5.41 Å². The van der Waals surface area contributed by atoms with Crippen molar-refractivity contribution in [3.63, 3.8) is 0 Å². The third-order valence-corrected chi connectivity index (χ3v) is 3.26. The molecule has 0 aromatic carbocycles. The highest BCUT2D eigenvalue weighted by Gasteiger charge is 2.41. The molecule has 2 heterocycles. The van der Waals surface area contributed by atoms with Crippen LogP contribution < -0.4 is 4.90 Å². The molecule has 1 aliphatic heterocycles. The van der Waals surface area contributed by atoms with Crippen LogP contribution in [-0.4, -0.2) is 36.1 Å². The van der Waals surface area contributed by atoms with Gasteiger partial charge >= 0.3 is 5.97 Å². The van der Waals surface area contributed by atoms with Crippen molar-refractivity contribution < 1.29 is 9.53 Å². The first-order valence-corrected chi connectivity index (χ1v) is 5.67. The highest BCUT2D eigenvalue weighted by molar-refractivity contribution is 5.78. The molecule has 5 nitrogen and oxygen atoms in total. The summed E-state index contributed by atoms with van der Waals surface area (Å²) in [6.45, 7) is 5.34. The van der Waals surface area contributed by atoms with Gasteiger partial charge in [-0.3, -0.25) is 4.79 Å². The molecule has 0 amide bonds. The first kappa shape index (κ1) is 11.8. The predicted molar refractivity (Wildman–Crippen MR) is 63.7 cm³/mol. The van der Waals surface area contributed by atoms with Crippen molar-refractivity contribution in [2.24, 2.45) is 5.41 Å². The summed E-state index contributed by atoms with van der Waals surface area (Å²) in [6, 6.07) is 1.93. The third-order valence-electron chi connectivity index (χ3n) is 3.26. The lowest BCUT2D eigenvalue weighted by Crippen LogP contribution is -2.33. The van der Waals surface area contributed by atoms with E-state index in [2.05, 4.69) is 14.9 Å². The summed E-state index contributed by atoms with van der Waals surface area (Å²) in [4.78, 5) is 22.1. The zero-order valence-electron chi connectivity index (χ0n) is 10.4. The van der Waals surface area contributed by atoms with E-state index in [1.165, 1.54) is 7.11 Å². The van der Waals surface area contributed by atoms with E-state index in [0.717, 1.165) is 24.5 Å². The Balaban J connectivity index is 2.15. The number of nitrogens with zero attached hydrogens (tertiary/aromatic N) is 3. The minimum Gasteiger partial charge on any atom is -0.469 e. The summed E-state index contributed by atoms with van der Waals surface area (Å²) in [5.74, 6) is 0.732. The third kappa shape index (κ3) is 2.23. The summed E-state index contributed by atoms with van der Waals surface area (Å²) in [7, 11) is 1.44. The quantitative estimate of drug-likeness (QED) is 0.720. The lowest BCUT2D eigenvalue weighted by atomic mass is 9.90. The van der Waals surface area contributed by atoms with Crippen LogP contribution in [0.5, 0.6) is 0 Å². The molecule has 0 bridgehead atoms. The van der Waals surface area contributed by atoms with Crippen LogP contribution in [0.25, 0.3) is 0 Å². The molecule has 1 aromatic rings. The highest BCUT2D eigenvalue weighted by Crippen LogP contribution is 2.33. The van der Waals surface area contributed by atoms with Crippen molar-refractivity contribution in [3.05, 3.63) is 18.1 Å². The number of esters is 1. The number of hydrogen-bond donors (Lipinski definition) is 0. The summed E-state index contributed by atoms with van der Waals surface area (Å²) in [5, 5.41) is 0. The molecule has 1 aromatic heterocycles. The summed E-state index contributed by atoms with van der Waals surface area (Å²) < 4.78 is 4.85. The van der Waals surface area contributed by atoms with E-state index in [4.69, 9.17) is 4.74 Å². The minimum absolute atomic E-state index is 0.147. The molecule has 17 heavy (non-hydrogen) atoms. The zero-order valence-corrected chi connectivity index (χ0v) is 10.4. The van der Waals surface area contributed by atoms with Gasteiger partial charge in [-0.15, -0.1) is 0 Å². The van der Waals surface area contributed by atoms with Gasteiger partial charge in [-0.05, 0) is 20.3 Å². The number of aromatic nitrogens is 2. The van der Waals surface area contributed by atoms with Crippen LogP contribution in [0.15, 0.2) is 12.4 Å². The van der Waals surface area contributed by atoms with Crippen molar-refractivity contribution in [1.29, 1.82) is 0 Å². The van der Waals surface area contributed by atoms with Crippen LogP contribution in [0.1, 0.15) is 19.0 Å². The lowest BCUT2D eigenvalue weighted by molar-refractivity contribution is -0.150. The van der Waals surface area contributed by atoms with Crippen molar-refractivity contribution in [1.82, 2.24) is 9.97 Å². The van der Waals surface area contributed by atoms with Crippen molar-refractivity contribution in [3.8, 4) is 0 Å². The normalized spacial score (nSPS) is 23.8. The molecular formula is C12H17N3O2. The fourth-order valence-corrected chi connectivity index (χ4v) is 2.18. The maximum absolute atomic E-state index is 11.7. The maximum Gasteiger partial charge on any atom is 0.313 e. The summed E-state index contributed by atoms with van der Waals surface area (Å²) in [5.41, 5.74) is 0.509. The average molecular weight is 235 g/mol. The predicted octanol–water partition coefficient (Wildman–Crippen LogP) is 1.17. The highest BCUT2D eigenvalue weighted by atomic mass is 16.5. The first-order chi connectivity index (χ1) is 8.05. The molecule has 1 fully saturated rings. The van der Waals surface area contributed by atoms with Gasteiger partial charge in [0.05, 0.1) is 12.5 Å². The van der Waals surface area contributed by atoms with E-state index in [0.29, 0.717) is 6.54 Å². The van der Waals surface area contributed by atoms with Gasteiger partial charge in [-0.1, -0.05) is 0 Å². The number of hydrogen-bond acceptors (Lipinski definition) is 5. The van der Waals surface area contributed by atoms with E-state index >= 15 is 0 Å². The fraction of sp³-hybridized carbons (Fsp3) is 0.583. The Bertz CT molecular complexity index is 436. The largest absolute Gasteiger partial charge is 0.469 e. The summed E-state index contributed by atoms with van der Waals surface area (Å²) in [6.07, 6.45) is 2.35. The molecule has 0 spiro atoms. The van der Waals surface area contributed by atoms with Gasteiger partial charge in [0.15, 0.2) is 0 Å². The number of anilines is 1. The van der Waals surface area contributed by atoms with Crippen LogP contribution in [0.3, 0.4) is 0 Å². The maximum atomic E-state index is 11.7. The number of methoxy groups -OCH3 is 1. The van der Waals surface area contributed by atoms with E-state index in [1.54, 1.807) is 6.33 Å². The van der Waals surface area contributed by atoms with Crippen LogP contribution in [0, 0.1) is 12.3 Å². The molecule has 5 heteroatoms. The number of aryl methyl sites for hydroxylation is 1. The number of ether oxygens (including phenoxy) is 1. The van der Waals surface area contributed by atoms with Crippen molar-refractivity contribution in [2.45, 2.75) is 20.3 Å². The topological polar surface area (TPSA) is 55.3 Å². The van der Waals surface area contributed by atoms with Crippen LogP contribution in [0.2, 0.25) is 0 Å². The Kier molecular flexibility index (Phi) is 3.00. The SMILES string of the molecule is COC(=O)C1(C)CCN(c2cc(C)ncn2)C1. The second kappa shape index (κ2) is 4.31. The molecule has 0 radical (unpaired) electrons. The molecule has 0 saturated carbocycles. The standard InChI is InChI=1S/C12H17N3O2/c1-9-6-10(14-8-13-9)15-5-4-12(2,7-15)11(16)17-3/h6,8H,4-5,7H2,1-3H3. The Morgan fingerprint density at radius 1 is 1.53 bits per heavy atom. The van der Waals surface area contributed by atoms with Crippen LogP contribution in [0.4, 0.5) is 5.82 Å².